The lowest BCUT2D eigenvalue weighted by atomic mass is 9.98. The summed E-state index contributed by atoms with van der Waals surface area (Å²) in [5.74, 6) is 0.874. The van der Waals surface area contributed by atoms with Crippen LogP contribution in [0.4, 0.5) is 10.2 Å². The molecule has 0 radical (unpaired) electrons. The number of aryl methyl sites for hydroxylation is 1. The Morgan fingerprint density at radius 1 is 1.36 bits per heavy atom. The Balaban J connectivity index is 1.59. The second-order valence-electron chi connectivity index (χ2n) is 9.51. The first-order valence-corrected chi connectivity index (χ1v) is 14.8. The highest BCUT2D eigenvalue weighted by atomic mass is 32.5. The first kappa shape index (κ1) is 29.2. The van der Waals surface area contributed by atoms with E-state index in [1.807, 2.05) is 14.1 Å². The van der Waals surface area contributed by atoms with Gasteiger partial charge in [0.15, 0.2) is 28.9 Å². The third kappa shape index (κ3) is 6.06. The van der Waals surface area contributed by atoms with Gasteiger partial charge in [0.1, 0.15) is 29.8 Å². The van der Waals surface area contributed by atoms with Crippen LogP contribution in [0.3, 0.4) is 0 Å². The number of nitrogens with one attached hydrogen (secondary N) is 1. The summed E-state index contributed by atoms with van der Waals surface area (Å²) >= 11 is 5.66. The van der Waals surface area contributed by atoms with Crippen LogP contribution in [-0.2, 0) is 30.6 Å². The molecule has 0 amide bonds. The molecule has 0 aliphatic carbocycles. The third-order valence-electron chi connectivity index (χ3n) is 6.19. The van der Waals surface area contributed by atoms with Gasteiger partial charge in [-0.25, -0.2) is 24.4 Å². The number of benzene rings is 1. The monoisotopic (exact) mass is 582 g/mol. The number of anilines is 1. The van der Waals surface area contributed by atoms with Gasteiger partial charge >= 0.3 is 12.6 Å². The number of rotatable bonds is 10. The highest BCUT2D eigenvalue weighted by Gasteiger charge is 2.56. The molecule has 15 heteroatoms. The van der Waals surface area contributed by atoms with E-state index in [1.54, 1.807) is 49.1 Å². The number of carbonyl (C=O) groups excluding carboxylic acids is 1. The van der Waals surface area contributed by atoms with Crippen molar-refractivity contribution in [2.75, 3.05) is 32.7 Å². The van der Waals surface area contributed by atoms with Crippen molar-refractivity contribution in [3.8, 4) is 5.75 Å². The summed E-state index contributed by atoms with van der Waals surface area (Å²) < 4.78 is 40.1. The Morgan fingerprint density at radius 3 is 2.69 bits per heavy atom. The van der Waals surface area contributed by atoms with Crippen LogP contribution in [-0.4, -0.2) is 82.3 Å². The van der Waals surface area contributed by atoms with Crippen LogP contribution in [0.1, 0.15) is 25.9 Å². The molecule has 6 atom stereocenters. The zero-order valence-electron chi connectivity index (χ0n) is 22.4. The lowest BCUT2D eigenvalue weighted by Gasteiger charge is -2.27. The molecule has 3 aromatic rings. The average Bonchev–Trinajstić information content (AvgIpc) is 3.39. The molecule has 2 N–H and O–H groups in total. The second kappa shape index (κ2) is 11.4. The van der Waals surface area contributed by atoms with Gasteiger partial charge in [0.05, 0.1) is 20.0 Å². The van der Waals surface area contributed by atoms with Crippen molar-refractivity contribution < 1.29 is 32.8 Å². The van der Waals surface area contributed by atoms with Crippen LogP contribution in [0.15, 0.2) is 36.7 Å². The summed E-state index contributed by atoms with van der Waals surface area (Å²) in [6, 6.07) is 7.82. The molecular formula is C24H32FN6O6PS. The largest absolute Gasteiger partial charge is 0.468 e. The standard InChI is InChI=1S/C24H32FN6O6PS/c1-14(22(33)34-6)29-38(39,37-16-10-8-7-9-11-16)35-12-17-19(32)24(3,25)23(36-17)31-13-26-18-20(30(4)5)27-15(2)28-21(18)31/h7-11,13-14,17,19,23,32H,12H2,1-6H3,(H,29,39)/t14-,17-,19-,23-,24-,38+/m1/s1. The van der Waals surface area contributed by atoms with Crippen LogP contribution < -0.4 is 14.5 Å². The summed E-state index contributed by atoms with van der Waals surface area (Å²) in [4.78, 5) is 27.1. The van der Waals surface area contributed by atoms with E-state index in [2.05, 4.69) is 20.0 Å². The SMILES string of the molecule is COC(=O)[C@@H](C)N[P@](=S)(OC[C@H]1O[C@@H](n2cnc3c(N(C)C)nc(C)nc32)[C@](C)(F)[C@@H]1O)Oc1ccccc1. The highest BCUT2D eigenvalue weighted by molar-refractivity contribution is 8.09. The maximum atomic E-state index is 16.0. The van der Waals surface area contributed by atoms with E-state index in [1.165, 1.54) is 24.9 Å². The van der Waals surface area contributed by atoms with Crippen molar-refractivity contribution >= 4 is 41.4 Å². The van der Waals surface area contributed by atoms with Crippen LogP contribution in [0.2, 0.25) is 0 Å². The number of fused-ring (bicyclic) bond motifs is 1. The van der Waals surface area contributed by atoms with Crippen molar-refractivity contribution in [3.05, 3.63) is 42.5 Å². The van der Waals surface area contributed by atoms with E-state index in [-0.39, 0.29) is 6.61 Å². The number of nitrogens with zero attached hydrogens (tertiary/aromatic N) is 5. The number of imidazole rings is 1. The maximum absolute atomic E-state index is 16.0. The molecule has 1 fully saturated rings. The number of esters is 1. The molecule has 1 aliphatic rings. The molecule has 4 rings (SSSR count). The molecule has 1 saturated heterocycles. The molecule has 39 heavy (non-hydrogen) atoms. The van der Waals surface area contributed by atoms with Gasteiger partial charge in [-0.1, -0.05) is 18.2 Å². The first-order chi connectivity index (χ1) is 18.4. The Hall–Kier alpha value is -2.74. The summed E-state index contributed by atoms with van der Waals surface area (Å²) in [6.07, 6.45) is -2.58. The molecule has 0 saturated carbocycles. The van der Waals surface area contributed by atoms with Crippen molar-refractivity contribution in [2.45, 2.75) is 50.9 Å². The fourth-order valence-electron chi connectivity index (χ4n) is 4.19. The lowest BCUT2D eigenvalue weighted by Crippen LogP contribution is -2.41. The number of hydrogen-bond acceptors (Lipinski definition) is 11. The number of carbonyl (C=O) groups is 1. The van der Waals surface area contributed by atoms with E-state index >= 15 is 4.39 Å². The molecular weight excluding hydrogens is 550 g/mol. The van der Waals surface area contributed by atoms with Crippen molar-refractivity contribution in [3.63, 3.8) is 0 Å². The van der Waals surface area contributed by atoms with Gasteiger partial charge in [0.25, 0.3) is 0 Å². The zero-order valence-corrected chi connectivity index (χ0v) is 24.1. The minimum absolute atomic E-state index is 0.328. The summed E-state index contributed by atoms with van der Waals surface area (Å²) in [6.45, 7) is 0.782. The van der Waals surface area contributed by atoms with Gasteiger partial charge in [-0.2, -0.15) is 0 Å². The predicted octanol–water partition coefficient (Wildman–Crippen LogP) is 2.66. The number of methoxy groups -OCH3 is 1. The minimum Gasteiger partial charge on any atom is -0.468 e. The Labute approximate surface area is 230 Å². The van der Waals surface area contributed by atoms with E-state index < -0.39 is 42.8 Å². The quantitative estimate of drug-likeness (QED) is 0.269. The maximum Gasteiger partial charge on any atom is 0.323 e. The summed E-state index contributed by atoms with van der Waals surface area (Å²) in [7, 11) is 4.89. The minimum atomic E-state index is -3.40. The number of aliphatic hydroxyl groups excluding tert-OH is 1. The fourth-order valence-corrected chi connectivity index (χ4v) is 6.61. The van der Waals surface area contributed by atoms with Crippen LogP contribution in [0.25, 0.3) is 11.2 Å². The topological polar surface area (TPSA) is 133 Å². The molecule has 12 nitrogen and oxygen atoms in total. The van der Waals surface area contributed by atoms with Gasteiger partial charge in [-0.05, 0) is 44.7 Å². The van der Waals surface area contributed by atoms with Crippen molar-refractivity contribution in [1.82, 2.24) is 24.6 Å². The molecule has 3 heterocycles. The number of alkyl halides is 1. The Bertz CT molecular complexity index is 1380. The highest BCUT2D eigenvalue weighted by Crippen LogP contribution is 2.48. The summed E-state index contributed by atoms with van der Waals surface area (Å²) in [5.41, 5.74) is -1.42. The summed E-state index contributed by atoms with van der Waals surface area (Å²) in [5, 5.41) is 13.8. The first-order valence-electron chi connectivity index (χ1n) is 12.1. The van der Waals surface area contributed by atoms with Crippen LogP contribution >= 0.6 is 6.64 Å². The van der Waals surface area contributed by atoms with Gasteiger partial charge in [0, 0.05) is 14.1 Å². The van der Waals surface area contributed by atoms with E-state index in [0.29, 0.717) is 28.6 Å². The van der Waals surface area contributed by atoms with Gasteiger partial charge in [-0.15, -0.1) is 0 Å². The lowest BCUT2D eigenvalue weighted by molar-refractivity contribution is -0.142. The van der Waals surface area contributed by atoms with E-state index in [9.17, 15) is 9.90 Å². The molecule has 0 unspecified atom stereocenters. The molecule has 1 aromatic carbocycles. The van der Waals surface area contributed by atoms with Gasteiger partial charge < -0.3 is 28.5 Å². The number of halogens is 1. The fraction of sp³-hybridized carbons (Fsp3) is 0.500. The number of aliphatic hydroxyl groups is 1. The van der Waals surface area contributed by atoms with E-state index in [0.717, 1.165) is 0 Å². The smallest absolute Gasteiger partial charge is 0.323 e. The van der Waals surface area contributed by atoms with Gasteiger partial charge in [-0.3, -0.25) is 9.36 Å². The third-order valence-corrected chi connectivity index (χ3v) is 8.69. The molecule has 0 bridgehead atoms. The van der Waals surface area contributed by atoms with Crippen LogP contribution in [0.5, 0.6) is 5.75 Å². The molecule has 1 aliphatic heterocycles. The van der Waals surface area contributed by atoms with Crippen LogP contribution in [0, 0.1) is 6.92 Å². The number of para-hydroxylation sites is 1. The zero-order chi connectivity index (χ0) is 28.5. The Morgan fingerprint density at radius 2 is 2.05 bits per heavy atom. The van der Waals surface area contributed by atoms with E-state index in [4.69, 9.17) is 30.3 Å². The van der Waals surface area contributed by atoms with Crippen molar-refractivity contribution in [1.29, 1.82) is 0 Å². The molecule has 0 spiro atoms. The van der Waals surface area contributed by atoms with Crippen molar-refractivity contribution in [2.24, 2.45) is 0 Å². The second-order valence-corrected chi connectivity index (χ2v) is 12.6. The number of ether oxygens (including phenoxy) is 2. The number of aromatic nitrogens is 4. The number of hydrogen-bond donors (Lipinski definition) is 2. The van der Waals surface area contributed by atoms with Gasteiger partial charge in [0.2, 0.25) is 0 Å². The normalized spacial score (nSPS) is 25.3. The molecule has 2 aromatic heterocycles. The molecule has 212 valence electrons. The Kier molecular flexibility index (Phi) is 8.55. The predicted molar refractivity (Wildman–Crippen MR) is 146 cm³/mol. The average molecular weight is 583 g/mol.